The third-order valence-electron chi connectivity index (χ3n) is 7.01. The van der Waals surface area contributed by atoms with Crippen LogP contribution in [0, 0.1) is 41.4 Å². The molecule has 162 valence electrons. The summed E-state index contributed by atoms with van der Waals surface area (Å²) in [6, 6.07) is 6.37. The minimum absolute atomic E-state index is 0.146. The van der Waals surface area contributed by atoms with E-state index < -0.39 is 11.9 Å². The minimum Gasteiger partial charge on any atom is -0.462 e. The fourth-order valence-corrected chi connectivity index (χ4v) is 5.53. The van der Waals surface area contributed by atoms with Gasteiger partial charge in [-0.1, -0.05) is 26.0 Å². The minimum atomic E-state index is -0.430. The van der Waals surface area contributed by atoms with E-state index in [0.717, 1.165) is 11.3 Å². The van der Waals surface area contributed by atoms with E-state index in [4.69, 9.17) is 4.74 Å². The van der Waals surface area contributed by atoms with Crippen LogP contribution in [0.3, 0.4) is 0 Å². The fraction of sp³-hybridized carbons (Fsp3) is 0.500. The van der Waals surface area contributed by atoms with Crippen LogP contribution < -0.4 is 5.32 Å². The van der Waals surface area contributed by atoms with E-state index >= 15 is 0 Å². The van der Waals surface area contributed by atoms with Crippen molar-refractivity contribution in [3.05, 3.63) is 42.0 Å². The van der Waals surface area contributed by atoms with Gasteiger partial charge in [-0.15, -0.1) is 0 Å². The van der Waals surface area contributed by atoms with Gasteiger partial charge in [0, 0.05) is 5.69 Å². The molecule has 3 amide bonds. The Morgan fingerprint density at radius 3 is 2.16 bits per heavy atom. The number of anilines is 1. The van der Waals surface area contributed by atoms with E-state index in [1.165, 1.54) is 0 Å². The molecule has 0 radical (unpaired) electrons. The van der Waals surface area contributed by atoms with Gasteiger partial charge in [0.25, 0.3) is 0 Å². The van der Waals surface area contributed by atoms with E-state index in [9.17, 15) is 19.2 Å². The average Bonchev–Trinajstić information content (AvgIpc) is 3.53. The Morgan fingerprint density at radius 1 is 1.03 bits per heavy atom. The van der Waals surface area contributed by atoms with E-state index in [1.54, 1.807) is 24.3 Å². The van der Waals surface area contributed by atoms with Gasteiger partial charge in [0.05, 0.1) is 24.0 Å². The summed E-state index contributed by atoms with van der Waals surface area (Å²) in [6.45, 7) is 3.98. The third kappa shape index (κ3) is 3.36. The lowest BCUT2D eigenvalue weighted by atomic mass is 9.63. The lowest BCUT2D eigenvalue weighted by Crippen LogP contribution is -2.40. The first-order valence-electron chi connectivity index (χ1n) is 11.0. The van der Waals surface area contributed by atoms with Gasteiger partial charge in [0.15, 0.2) is 0 Å². The second kappa shape index (κ2) is 7.32. The molecule has 4 aliphatic carbocycles. The maximum absolute atomic E-state index is 13.0. The molecule has 0 aromatic heterocycles. The number of hydrogen-bond donors (Lipinski definition) is 1. The van der Waals surface area contributed by atoms with Crippen molar-refractivity contribution in [1.82, 2.24) is 4.90 Å². The Hall–Kier alpha value is -2.96. The van der Waals surface area contributed by atoms with Gasteiger partial charge in [-0.05, 0) is 60.3 Å². The Bertz CT molecular complexity index is 946. The number of carbonyl (C=O) groups excluding carboxylic acids is 4. The van der Waals surface area contributed by atoms with Crippen LogP contribution in [0.25, 0.3) is 0 Å². The molecule has 0 spiro atoms. The topological polar surface area (TPSA) is 92.8 Å². The summed E-state index contributed by atoms with van der Waals surface area (Å²) >= 11 is 0. The molecule has 31 heavy (non-hydrogen) atoms. The van der Waals surface area contributed by atoms with E-state index in [1.807, 2.05) is 13.8 Å². The zero-order valence-corrected chi connectivity index (χ0v) is 17.6. The summed E-state index contributed by atoms with van der Waals surface area (Å²) in [5.41, 5.74) is 0.888. The lowest BCUT2D eigenvalue weighted by Gasteiger charge is -2.37. The van der Waals surface area contributed by atoms with Crippen LogP contribution in [0.15, 0.2) is 36.4 Å². The SMILES string of the molecule is CC(C)COC(=O)c1ccc(NC(=O)CN2C(=O)[C@@H]3[C@H]4C=C[C@@H]([C@@H]5C[C@@H]45)[C@H]3C2=O)cc1. The molecule has 1 heterocycles. The number of likely N-dealkylation sites (tertiary alicyclic amines) is 1. The van der Waals surface area contributed by atoms with Crippen molar-refractivity contribution >= 4 is 29.4 Å². The Balaban J connectivity index is 1.20. The van der Waals surface area contributed by atoms with Crippen LogP contribution in [0.5, 0.6) is 0 Å². The van der Waals surface area contributed by atoms with E-state index in [2.05, 4.69) is 17.5 Å². The third-order valence-corrected chi connectivity index (χ3v) is 7.01. The maximum atomic E-state index is 13.0. The summed E-state index contributed by atoms with van der Waals surface area (Å²) in [6.07, 6.45) is 5.34. The van der Waals surface area contributed by atoms with Crippen LogP contribution >= 0.6 is 0 Å². The number of nitrogens with zero attached hydrogens (tertiary/aromatic N) is 1. The number of hydrogen-bond acceptors (Lipinski definition) is 5. The smallest absolute Gasteiger partial charge is 0.338 e. The summed E-state index contributed by atoms with van der Waals surface area (Å²) in [5, 5.41) is 2.71. The Labute approximate surface area is 180 Å². The summed E-state index contributed by atoms with van der Waals surface area (Å²) in [7, 11) is 0. The molecular weight excluding hydrogens is 396 g/mol. The molecule has 2 saturated carbocycles. The fourth-order valence-electron chi connectivity index (χ4n) is 5.53. The van der Waals surface area contributed by atoms with Gasteiger partial charge >= 0.3 is 5.97 Å². The highest BCUT2D eigenvalue weighted by Crippen LogP contribution is 2.65. The van der Waals surface area contributed by atoms with Gasteiger partial charge < -0.3 is 10.1 Å². The van der Waals surface area contributed by atoms with Crippen LogP contribution in [-0.2, 0) is 19.1 Å². The predicted molar refractivity (Wildman–Crippen MR) is 112 cm³/mol. The Morgan fingerprint density at radius 2 is 1.61 bits per heavy atom. The van der Waals surface area contributed by atoms with Crippen molar-refractivity contribution in [2.45, 2.75) is 20.3 Å². The van der Waals surface area contributed by atoms with Crippen molar-refractivity contribution in [3.63, 3.8) is 0 Å². The van der Waals surface area contributed by atoms with Crippen molar-refractivity contribution in [2.75, 3.05) is 18.5 Å². The number of rotatable bonds is 6. The van der Waals surface area contributed by atoms with Crippen molar-refractivity contribution in [3.8, 4) is 0 Å². The van der Waals surface area contributed by atoms with E-state index in [0.29, 0.717) is 29.7 Å². The predicted octanol–water partition coefficient (Wildman–Crippen LogP) is 2.49. The molecule has 5 aliphatic rings. The van der Waals surface area contributed by atoms with Crippen LogP contribution in [0.4, 0.5) is 5.69 Å². The van der Waals surface area contributed by atoms with Gasteiger partial charge in [0.2, 0.25) is 17.7 Å². The highest BCUT2D eigenvalue weighted by Gasteiger charge is 2.67. The highest BCUT2D eigenvalue weighted by atomic mass is 16.5. The second-order valence-electron chi connectivity index (χ2n) is 9.54. The van der Waals surface area contributed by atoms with Gasteiger partial charge in [-0.2, -0.15) is 0 Å². The molecule has 1 aliphatic heterocycles. The average molecular weight is 422 g/mol. The first-order valence-corrected chi connectivity index (χ1v) is 11.0. The molecule has 6 rings (SSSR count). The lowest BCUT2D eigenvalue weighted by molar-refractivity contribution is -0.142. The molecule has 2 bridgehead atoms. The number of esters is 1. The van der Waals surface area contributed by atoms with Crippen LogP contribution in [0.2, 0.25) is 0 Å². The van der Waals surface area contributed by atoms with Gasteiger partial charge in [-0.3, -0.25) is 19.3 Å². The summed E-state index contributed by atoms with van der Waals surface area (Å²) in [4.78, 5) is 51.6. The summed E-state index contributed by atoms with van der Waals surface area (Å²) in [5.74, 6) is -0.245. The zero-order chi connectivity index (χ0) is 21.9. The quantitative estimate of drug-likeness (QED) is 0.432. The number of nitrogens with one attached hydrogen (secondary N) is 1. The number of benzene rings is 1. The summed E-state index contributed by atoms with van der Waals surface area (Å²) < 4.78 is 5.19. The molecule has 0 unspecified atom stereocenters. The first-order chi connectivity index (χ1) is 14.8. The number of imide groups is 1. The van der Waals surface area contributed by atoms with E-state index in [-0.39, 0.29) is 47.9 Å². The second-order valence-corrected chi connectivity index (χ2v) is 9.54. The molecule has 6 atom stereocenters. The molecule has 1 saturated heterocycles. The van der Waals surface area contributed by atoms with Crippen molar-refractivity contribution in [1.29, 1.82) is 0 Å². The van der Waals surface area contributed by atoms with Gasteiger partial charge in [0.1, 0.15) is 6.54 Å². The Kier molecular flexibility index (Phi) is 4.72. The largest absolute Gasteiger partial charge is 0.462 e. The van der Waals surface area contributed by atoms with Crippen molar-refractivity contribution < 1.29 is 23.9 Å². The molecule has 7 nitrogen and oxygen atoms in total. The molecule has 3 fully saturated rings. The molecule has 1 aromatic carbocycles. The van der Waals surface area contributed by atoms with Crippen molar-refractivity contribution in [2.24, 2.45) is 41.4 Å². The molecular formula is C24H26N2O5. The normalized spacial score (nSPS) is 32.2. The number of ether oxygens (including phenoxy) is 1. The highest BCUT2D eigenvalue weighted by molar-refractivity contribution is 6.09. The number of carbonyl (C=O) groups is 4. The molecule has 7 heteroatoms. The molecule has 1 N–H and O–H groups in total. The van der Waals surface area contributed by atoms with Crippen LogP contribution in [-0.4, -0.2) is 41.7 Å². The van der Waals surface area contributed by atoms with Gasteiger partial charge in [-0.25, -0.2) is 4.79 Å². The standard InChI is InChI=1S/C24H26N2O5/c1-12(2)11-31-24(30)13-3-5-14(6-4-13)25-19(27)10-26-22(28)20-15-7-8-16(18-9-17(15)18)21(20)23(26)29/h3-8,12,15-18,20-21H,9-11H2,1-2H3,(H,25,27)/t15-,16-,17-,18-,20+,21+/m0/s1. The number of allylic oxidation sites excluding steroid dienone is 2. The number of amides is 3. The first kappa shape index (κ1) is 20.0. The monoisotopic (exact) mass is 422 g/mol. The maximum Gasteiger partial charge on any atom is 0.338 e. The molecule has 1 aromatic rings. The van der Waals surface area contributed by atoms with Crippen LogP contribution in [0.1, 0.15) is 30.6 Å². The zero-order valence-electron chi connectivity index (χ0n) is 17.6.